The van der Waals surface area contributed by atoms with Crippen molar-refractivity contribution in [2.45, 2.75) is 19.3 Å². The first kappa shape index (κ1) is 16.3. The summed E-state index contributed by atoms with van der Waals surface area (Å²) in [5, 5.41) is 12.9. The van der Waals surface area contributed by atoms with Crippen LogP contribution in [0.4, 0.5) is 14.5 Å². The third-order valence-electron chi connectivity index (χ3n) is 2.56. The molecule has 0 spiro atoms. The molecule has 1 amide bonds. The standard InChI is InChI=1S/C12H13ClF2N2O3/c13-4-2-1-3-5-16-12(18)9-6-8(14)7-10(11(9)15)17(19)20/h6-7H,1-5H2,(H,16,18). The van der Waals surface area contributed by atoms with E-state index in [1.807, 2.05) is 0 Å². The maximum absolute atomic E-state index is 13.7. The predicted octanol–water partition coefficient (Wildman–Crippen LogP) is 3.01. The Labute approximate surface area is 119 Å². The molecule has 1 aromatic rings. The van der Waals surface area contributed by atoms with E-state index < -0.39 is 33.7 Å². The molecule has 8 heteroatoms. The smallest absolute Gasteiger partial charge is 0.308 e. The number of nitrogens with zero attached hydrogens (tertiary/aromatic N) is 1. The number of rotatable bonds is 7. The normalized spacial score (nSPS) is 10.3. The molecule has 0 aliphatic rings. The van der Waals surface area contributed by atoms with E-state index in [1.54, 1.807) is 0 Å². The summed E-state index contributed by atoms with van der Waals surface area (Å²) in [6, 6.07) is 1.07. The molecule has 0 fully saturated rings. The van der Waals surface area contributed by atoms with E-state index in [4.69, 9.17) is 11.6 Å². The highest BCUT2D eigenvalue weighted by Gasteiger charge is 2.23. The monoisotopic (exact) mass is 306 g/mol. The van der Waals surface area contributed by atoms with Gasteiger partial charge in [-0.2, -0.15) is 4.39 Å². The fourth-order valence-corrected chi connectivity index (χ4v) is 1.76. The Bertz CT molecular complexity index is 512. The number of nitro groups is 1. The third-order valence-corrected chi connectivity index (χ3v) is 2.82. The fraction of sp³-hybridized carbons (Fsp3) is 0.417. The van der Waals surface area contributed by atoms with Crippen molar-refractivity contribution in [3.63, 3.8) is 0 Å². The second-order valence-electron chi connectivity index (χ2n) is 4.05. The molecular formula is C12H13ClF2N2O3. The van der Waals surface area contributed by atoms with E-state index in [9.17, 15) is 23.7 Å². The first-order valence-corrected chi connectivity index (χ1v) is 6.48. The van der Waals surface area contributed by atoms with Crippen molar-refractivity contribution >= 4 is 23.2 Å². The molecule has 0 atom stereocenters. The molecule has 0 aliphatic heterocycles. The Hall–Kier alpha value is -1.76. The van der Waals surface area contributed by atoms with Crippen molar-refractivity contribution in [3.8, 4) is 0 Å². The Morgan fingerprint density at radius 3 is 2.60 bits per heavy atom. The van der Waals surface area contributed by atoms with Crippen LogP contribution in [0.25, 0.3) is 0 Å². The number of alkyl halides is 1. The molecule has 20 heavy (non-hydrogen) atoms. The van der Waals surface area contributed by atoms with Gasteiger partial charge in [0.05, 0.1) is 16.6 Å². The number of halogens is 3. The first-order chi connectivity index (χ1) is 9.47. The minimum atomic E-state index is -1.34. The van der Waals surface area contributed by atoms with E-state index in [-0.39, 0.29) is 6.54 Å². The van der Waals surface area contributed by atoms with Crippen molar-refractivity contribution < 1.29 is 18.5 Å². The van der Waals surface area contributed by atoms with Gasteiger partial charge >= 0.3 is 5.69 Å². The highest BCUT2D eigenvalue weighted by Crippen LogP contribution is 2.22. The van der Waals surface area contributed by atoms with Gasteiger partial charge < -0.3 is 5.32 Å². The minimum Gasteiger partial charge on any atom is -0.352 e. The largest absolute Gasteiger partial charge is 0.352 e. The van der Waals surface area contributed by atoms with Crippen LogP contribution in [0.3, 0.4) is 0 Å². The molecule has 0 unspecified atom stereocenters. The minimum absolute atomic E-state index is 0.263. The molecule has 0 heterocycles. The summed E-state index contributed by atoms with van der Waals surface area (Å²) in [5.41, 5.74) is -1.73. The van der Waals surface area contributed by atoms with Gasteiger partial charge in [-0.1, -0.05) is 6.42 Å². The quantitative estimate of drug-likeness (QED) is 0.364. The van der Waals surface area contributed by atoms with E-state index >= 15 is 0 Å². The van der Waals surface area contributed by atoms with Crippen LogP contribution in [-0.2, 0) is 0 Å². The molecule has 1 aromatic carbocycles. The number of nitrogens with one attached hydrogen (secondary N) is 1. The highest BCUT2D eigenvalue weighted by molar-refractivity contribution is 6.17. The lowest BCUT2D eigenvalue weighted by atomic mass is 10.1. The zero-order chi connectivity index (χ0) is 15.1. The SMILES string of the molecule is O=C(NCCCCCCl)c1cc(F)cc([N+](=O)[O-])c1F. The van der Waals surface area contributed by atoms with Gasteiger partial charge in [0.25, 0.3) is 5.91 Å². The summed E-state index contributed by atoms with van der Waals surface area (Å²) in [5.74, 6) is -2.74. The average molecular weight is 307 g/mol. The molecule has 0 aliphatic carbocycles. The molecule has 1 N–H and O–H groups in total. The Morgan fingerprint density at radius 1 is 1.30 bits per heavy atom. The highest BCUT2D eigenvalue weighted by atomic mass is 35.5. The maximum atomic E-state index is 13.7. The molecule has 0 saturated heterocycles. The summed E-state index contributed by atoms with van der Waals surface area (Å²) in [6.45, 7) is 0.263. The van der Waals surface area contributed by atoms with Gasteiger partial charge in [-0.15, -0.1) is 11.6 Å². The number of hydrogen-bond donors (Lipinski definition) is 1. The van der Waals surface area contributed by atoms with Crippen LogP contribution < -0.4 is 5.32 Å². The lowest BCUT2D eigenvalue weighted by Gasteiger charge is -2.06. The van der Waals surface area contributed by atoms with E-state index in [2.05, 4.69) is 5.32 Å². The van der Waals surface area contributed by atoms with Crippen molar-refractivity contribution in [2.75, 3.05) is 12.4 Å². The van der Waals surface area contributed by atoms with Crippen LogP contribution in [0.5, 0.6) is 0 Å². The summed E-state index contributed by atoms with van der Waals surface area (Å²) >= 11 is 5.48. The number of nitro benzene ring substituents is 1. The zero-order valence-corrected chi connectivity index (χ0v) is 11.3. The van der Waals surface area contributed by atoms with Crippen LogP contribution in [0.2, 0.25) is 0 Å². The Balaban J connectivity index is 2.75. The molecule has 110 valence electrons. The molecule has 1 rings (SSSR count). The lowest BCUT2D eigenvalue weighted by molar-refractivity contribution is -0.387. The van der Waals surface area contributed by atoms with E-state index in [1.165, 1.54) is 0 Å². The Kier molecular flexibility index (Phi) is 6.30. The molecular weight excluding hydrogens is 294 g/mol. The van der Waals surface area contributed by atoms with Crippen molar-refractivity contribution in [3.05, 3.63) is 39.4 Å². The maximum Gasteiger partial charge on any atom is 0.308 e. The topological polar surface area (TPSA) is 72.2 Å². The van der Waals surface area contributed by atoms with Crippen LogP contribution in [0, 0.1) is 21.7 Å². The van der Waals surface area contributed by atoms with Crippen LogP contribution >= 0.6 is 11.6 Å². The molecule has 5 nitrogen and oxygen atoms in total. The fourth-order valence-electron chi connectivity index (χ4n) is 1.57. The second kappa shape index (κ2) is 7.74. The van der Waals surface area contributed by atoms with Crippen molar-refractivity contribution in [2.24, 2.45) is 0 Å². The van der Waals surface area contributed by atoms with Gasteiger partial charge in [0.2, 0.25) is 5.82 Å². The molecule has 0 radical (unpaired) electrons. The number of hydrogen-bond acceptors (Lipinski definition) is 3. The summed E-state index contributed by atoms with van der Waals surface area (Å²) in [7, 11) is 0. The number of unbranched alkanes of at least 4 members (excludes halogenated alkanes) is 2. The number of carbonyl (C=O) groups is 1. The summed E-state index contributed by atoms with van der Waals surface area (Å²) in [4.78, 5) is 21.1. The van der Waals surface area contributed by atoms with Crippen molar-refractivity contribution in [1.29, 1.82) is 0 Å². The number of benzene rings is 1. The van der Waals surface area contributed by atoms with Crippen molar-refractivity contribution in [1.82, 2.24) is 5.32 Å². The average Bonchev–Trinajstić information content (AvgIpc) is 2.40. The lowest BCUT2D eigenvalue weighted by Crippen LogP contribution is -2.25. The predicted molar refractivity (Wildman–Crippen MR) is 69.9 cm³/mol. The van der Waals surface area contributed by atoms with E-state index in [0.717, 1.165) is 12.8 Å². The van der Waals surface area contributed by atoms with Gasteiger partial charge in [0.1, 0.15) is 5.82 Å². The first-order valence-electron chi connectivity index (χ1n) is 5.95. The Morgan fingerprint density at radius 2 is 2.00 bits per heavy atom. The number of amides is 1. The van der Waals surface area contributed by atoms with E-state index in [0.29, 0.717) is 24.4 Å². The van der Waals surface area contributed by atoms with Crippen LogP contribution in [-0.4, -0.2) is 23.3 Å². The second-order valence-corrected chi connectivity index (χ2v) is 4.43. The van der Waals surface area contributed by atoms with Gasteiger partial charge in [0, 0.05) is 12.4 Å². The zero-order valence-electron chi connectivity index (χ0n) is 10.5. The number of carbonyl (C=O) groups excluding carboxylic acids is 1. The third kappa shape index (κ3) is 4.41. The molecule has 0 bridgehead atoms. The van der Waals surface area contributed by atoms with Crippen LogP contribution in [0.15, 0.2) is 12.1 Å². The van der Waals surface area contributed by atoms with Gasteiger partial charge in [-0.25, -0.2) is 4.39 Å². The van der Waals surface area contributed by atoms with Gasteiger partial charge in [-0.05, 0) is 18.9 Å². The molecule has 0 aromatic heterocycles. The van der Waals surface area contributed by atoms with Gasteiger partial charge in [0.15, 0.2) is 0 Å². The van der Waals surface area contributed by atoms with Crippen LogP contribution in [0.1, 0.15) is 29.6 Å². The summed E-state index contributed by atoms with van der Waals surface area (Å²) < 4.78 is 26.8. The van der Waals surface area contributed by atoms with Gasteiger partial charge in [-0.3, -0.25) is 14.9 Å². The molecule has 0 saturated carbocycles. The summed E-state index contributed by atoms with van der Waals surface area (Å²) in [6.07, 6.45) is 2.21.